The van der Waals surface area contributed by atoms with E-state index in [4.69, 9.17) is 10.8 Å². The summed E-state index contributed by atoms with van der Waals surface area (Å²) in [5, 5.41) is 12.0. The lowest BCUT2D eigenvalue weighted by Gasteiger charge is -2.27. The third-order valence-corrected chi connectivity index (χ3v) is 4.08. The van der Waals surface area contributed by atoms with Crippen molar-refractivity contribution in [1.82, 2.24) is 5.32 Å². The van der Waals surface area contributed by atoms with Gasteiger partial charge < -0.3 is 16.2 Å². The van der Waals surface area contributed by atoms with Crippen LogP contribution in [0.4, 0.5) is 0 Å². The van der Waals surface area contributed by atoms with Gasteiger partial charge >= 0.3 is 5.97 Å². The van der Waals surface area contributed by atoms with Crippen LogP contribution in [0.25, 0.3) is 0 Å². The van der Waals surface area contributed by atoms with Crippen LogP contribution in [0.3, 0.4) is 0 Å². The number of hydrogen-bond donors (Lipinski definition) is 3. The molecular formula is C16H22N2O3. The van der Waals surface area contributed by atoms with Crippen LogP contribution in [0.5, 0.6) is 0 Å². The molecule has 1 fully saturated rings. The Labute approximate surface area is 124 Å². The molecule has 1 aliphatic carbocycles. The molecule has 114 valence electrons. The first-order valence-corrected chi connectivity index (χ1v) is 7.39. The highest BCUT2D eigenvalue weighted by atomic mass is 16.4. The number of carboxylic acid groups (broad SMARTS) is 1. The maximum atomic E-state index is 12.1. The highest BCUT2D eigenvalue weighted by Crippen LogP contribution is 2.24. The van der Waals surface area contributed by atoms with E-state index in [9.17, 15) is 9.59 Å². The standard InChI is InChI=1S/C16H22N2O3/c17-10-13-5-2-1-4-11(13)9-15(19)18-14-7-3-6-12(8-14)16(20)21/h1-2,4-5,12,14H,3,6-10,17H2,(H,18,19)(H,20,21). The first-order valence-electron chi connectivity index (χ1n) is 7.39. The lowest BCUT2D eigenvalue weighted by molar-refractivity contribution is -0.143. The molecule has 5 nitrogen and oxygen atoms in total. The van der Waals surface area contributed by atoms with Gasteiger partial charge in [-0.3, -0.25) is 9.59 Å². The Morgan fingerprint density at radius 1 is 1.24 bits per heavy atom. The van der Waals surface area contributed by atoms with Gasteiger partial charge in [0.05, 0.1) is 12.3 Å². The molecular weight excluding hydrogens is 268 g/mol. The molecule has 0 aliphatic heterocycles. The van der Waals surface area contributed by atoms with Crippen LogP contribution >= 0.6 is 0 Å². The van der Waals surface area contributed by atoms with Crippen molar-refractivity contribution in [3.63, 3.8) is 0 Å². The van der Waals surface area contributed by atoms with Crippen LogP contribution in [0.15, 0.2) is 24.3 Å². The van der Waals surface area contributed by atoms with Gasteiger partial charge in [-0.1, -0.05) is 30.7 Å². The van der Waals surface area contributed by atoms with Gasteiger partial charge in [0, 0.05) is 12.6 Å². The van der Waals surface area contributed by atoms with E-state index in [0.717, 1.165) is 24.0 Å². The molecule has 0 saturated heterocycles. The fraction of sp³-hybridized carbons (Fsp3) is 0.500. The second-order valence-electron chi connectivity index (χ2n) is 5.62. The van der Waals surface area contributed by atoms with E-state index in [1.807, 2.05) is 24.3 Å². The molecule has 2 atom stereocenters. The molecule has 1 amide bonds. The number of nitrogens with two attached hydrogens (primary N) is 1. The largest absolute Gasteiger partial charge is 0.481 e. The van der Waals surface area contributed by atoms with Crippen molar-refractivity contribution in [2.75, 3.05) is 0 Å². The van der Waals surface area contributed by atoms with Crippen molar-refractivity contribution in [2.45, 2.75) is 44.7 Å². The van der Waals surface area contributed by atoms with Crippen LogP contribution in [-0.4, -0.2) is 23.0 Å². The van der Waals surface area contributed by atoms with Gasteiger partial charge in [-0.2, -0.15) is 0 Å². The van der Waals surface area contributed by atoms with E-state index in [1.54, 1.807) is 0 Å². The molecule has 0 radical (unpaired) electrons. The third-order valence-electron chi connectivity index (χ3n) is 4.08. The topological polar surface area (TPSA) is 92.4 Å². The van der Waals surface area contributed by atoms with Crippen molar-refractivity contribution < 1.29 is 14.7 Å². The van der Waals surface area contributed by atoms with E-state index in [0.29, 0.717) is 25.8 Å². The quantitative estimate of drug-likeness (QED) is 0.765. The zero-order valence-corrected chi connectivity index (χ0v) is 12.0. The van der Waals surface area contributed by atoms with Crippen molar-refractivity contribution in [3.05, 3.63) is 35.4 Å². The average molecular weight is 290 g/mol. The van der Waals surface area contributed by atoms with Gasteiger partial charge in [-0.05, 0) is 30.4 Å². The summed E-state index contributed by atoms with van der Waals surface area (Å²) in [5.41, 5.74) is 7.57. The van der Waals surface area contributed by atoms with Gasteiger partial charge in [0.15, 0.2) is 0 Å². The normalized spacial score (nSPS) is 21.8. The Morgan fingerprint density at radius 3 is 2.62 bits per heavy atom. The highest BCUT2D eigenvalue weighted by molar-refractivity contribution is 5.79. The SMILES string of the molecule is NCc1ccccc1CC(=O)NC1CCCC(C(=O)O)C1. The molecule has 1 saturated carbocycles. The molecule has 1 aromatic carbocycles. The van der Waals surface area contributed by atoms with Crippen molar-refractivity contribution in [2.24, 2.45) is 11.7 Å². The number of hydrogen-bond acceptors (Lipinski definition) is 3. The lowest BCUT2D eigenvalue weighted by atomic mass is 9.85. The number of benzene rings is 1. The minimum Gasteiger partial charge on any atom is -0.481 e. The van der Waals surface area contributed by atoms with Gasteiger partial charge in [0.25, 0.3) is 0 Å². The van der Waals surface area contributed by atoms with Gasteiger partial charge in [-0.25, -0.2) is 0 Å². The molecule has 0 bridgehead atoms. The Bertz CT molecular complexity index is 516. The van der Waals surface area contributed by atoms with Crippen LogP contribution in [0.2, 0.25) is 0 Å². The number of carbonyl (C=O) groups excluding carboxylic acids is 1. The monoisotopic (exact) mass is 290 g/mol. The highest BCUT2D eigenvalue weighted by Gasteiger charge is 2.27. The summed E-state index contributed by atoms with van der Waals surface area (Å²) in [6.07, 6.45) is 3.23. The minimum absolute atomic E-state index is 0.0302. The number of amides is 1. The maximum Gasteiger partial charge on any atom is 0.306 e. The van der Waals surface area contributed by atoms with E-state index < -0.39 is 5.97 Å². The first kappa shape index (κ1) is 15.5. The summed E-state index contributed by atoms with van der Waals surface area (Å²) in [6, 6.07) is 7.59. The molecule has 0 heterocycles. The summed E-state index contributed by atoms with van der Waals surface area (Å²) in [4.78, 5) is 23.2. The Hall–Kier alpha value is -1.88. The molecule has 2 rings (SSSR count). The second kappa shape index (κ2) is 7.22. The Kier molecular flexibility index (Phi) is 5.33. The predicted molar refractivity (Wildman–Crippen MR) is 79.6 cm³/mol. The molecule has 5 heteroatoms. The summed E-state index contributed by atoms with van der Waals surface area (Å²) in [5.74, 6) is -1.16. The fourth-order valence-corrected chi connectivity index (χ4v) is 2.93. The van der Waals surface area contributed by atoms with Crippen molar-refractivity contribution in [3.8, 4) is 0 Å². The molecule has 2 unspecified atom stereocenters. The van der Waals surface area contributed by atoms with Crippen molar-refractivity contribution >= 4 is 11.9 Å². The predicted octanol–water partition coefficient (Wildman–Crippen LogP) is 1.45. The zero-order chi connectivity index (χ0) is 15.2. The van der Waals surface area contributed by atoms with E-state index in [-0.39, 0.29) is 17.9 Å². The summed E-state index contributed by atoms with van der Waals surface area (Å²) >= 11 is 0. The van der Waals surface area contributed by atoms with Gasteiger partial charge in [-0.15, -0.1) is 0 Å². The van der Waals surface area contributed by atoms with E-state index >= 15 is 0 Å². The molecule has 1 aliphatic rings. The number of carboxylic acids is 1. The summed E-state index contributed by atoms with van der Waals surface area (Å²) in [7, 11) is 0. The average Bonchev–Trinajstić information content (AvgIpc) is 2.48. The Morgan fingerprint density at radius 2 is 1.95 bits per heavy atom. The summed E-state index contributed by atoms with van der Waals surface area (Å²) in [6.45, 7) is 0.411. The number of nitrogens with one attached hydrogen (secondary N) is 1. The number of aliphatic carboxylic acids is 1. The van der Waals surface area contributed by atoms with E-state index in [2.05, 4.69) is 5.32 Å². The molecule has 0 spiro atoms. The first-order chi connectivity index (χ1) is 10.1. The number of rotatable bonds is 5. The molecule has 4 N–H and O–H groups in total. The maximum absolute atomic E-state index is 12.1. The molecule has 21 heavy (non-hydrogen) atoms. The smallest absolute Gasteiger partial charge is 0.306 e. The summed E-state index contributed by atoms with van der Waals surface area (Å²) < 4.78 is 0. The minimum atomic E-state index is -0.762. The second-order valence-corrected chi connectivity index (χ2v) is 5.62. The van der Waals surface area contributed by atoms with Crippen LogP contribution in [-0.2, 0) is 22.6 Å². The molecule has 0 aromatic heterocycles. The van der Waals surface area contributed by atoms with Crippen LogP contribution in [0, 0.1) is 5.92 Å². The van der Waals surface area contributed by atoms with Crippen molar-refractivity contribution in [1.29, 1.82) is 0 Å². The third kappa shape index (κ3) is 4.29. The lowest BCUT2D eigenvalue weighted by Crippen LogP contribution is -2.40. The number of carbonyl (C=O) groups is 2. The van der Waals surface area contributed by atoms with E-state index in [1.165, 1.54) is 0 Å². The Balaban J connectivity index is 1.91. The fourth-order valence-electron chi connectivity index (χ4n) is 2.93. The van der Waals surface area contributed by atoms with Gasteiger partial charge in [0.1, 0.15) is 0 Å². The zero-order valence-electron chi connectivity index (χ0n) is 12.0. The van der Waals surface area contributed by atoms with Crippen LogP contribution in [0.1, 0.15) is 36.8 Å². The molecule has 1 aromatic rings. The van der Waals surface area contributed by atoms with Crippen LogP contribution < -0.4 is 11.1 Å². The van der Waals surface area contributed by atoms with Gasteiger partial charge in [0.2, 0.25) is 5.91 Å².